The molecule has 0 unspecified atom stereocenters. The molecule has 21 heavy (non-hydrogen) atoms. The van der Waals surface area contributed by atoms with Crippen LogP contribution < -0.4 is 10.6 Å². The summed E-state index contributed by atoms with van der Waals surface area (Å²) >= 11 is 1.59. The molecule has 1 saturated carbocycles. The molecule has 5 heteroatoms. The summed E-state index contributed by atoms with van der Waals surface area (Å²) in [6.07, 6.45) is 6.35. The van der Waals surface area contributed by atoms with Crippen LogP contribution >= 0.6 is 11.3 Å². The zero-order chi connectivity index (χ0) is 14.9. The van der Waals surface area contributed by atoms with Gasteiger partial charge in [-0.05, 0) is 24.3 Å². The maximum Gasteiger partial charge on any atom is 0.315 e. The van der Waals surface area contributed by atoms with Crippen LogP contribution in [0.2, 0.25) is 0 Å². The number of urea groups is 1. The SMILES string of the molecule is O=C(NCc1sccc1C#CCCO)NC1CCCCC1. The normalized spacial score (nSPS) is 15.1. The molecule has 1 aromatic heterocycles. The fraction of sp³-hybridized carbons (Fsp3) is 0.562. The van der Waals surface area contributed by atoms with E-state index in [4.69, 9.17) is 5.11 Å². The highest BCUT2D eigenvalue weighted by Gasteiger charge is 2.15. The fourth-order valence-electron chi connectivity index (χ4n) is 2.45. The van der Waals surface area contributed by atoms with Crippen molar-refractivity contribution in [2.24, 2.45) is 0 Å². The van der Waals surface area contributed by atoms with E-state index in [9.17, 15) is 4.79 Å². The Morgan fingerprint density at radius 3 is 2.95 bits per heavy atom. The molecule has 0 bridgehead atoms. The largest absolute Gasteiger partial charge is 0.395 e. The predicted octanol–water partition coefficient (Wildman–Crippen LogP) is 2.61. The molecule has 0 radical (unpaired) electrons. The Morgan fingerprint density at radius 2 is 2.19 bits per heavy atom. The fourth-order valence-corrected chi connectivity index (χ4v) is 3.22. The van der Waals surface area contributed by atoms with Crippen LogP contribution in [0.1, 0.15) is 49.0 Å². The lowest BCUT2D eigenvalue weighted by Crippen LogP contribution is -2.42. The maximum absolute atomic E-state index is 11.9. The van der Waals surface area contributed by atoms with Crippen LogP contribution in [0, 0.1) is 11.8 Å². The van der Waals surface area contributed by atoms with Gasteiger partial charge in [0.05, 0.1) is 13.2 Å². The number of carbonyl (C=O) groups excluding carboxylic acids is 1. The average Bonchev–Trinajstić information content (AvgIpc) is 2.94. The molecule has 1 fully saturated rings. The quantitative estimate of drug-likeness (QED) is 0.749. The van der Waals surface area contributed by atoms with E-state index in [1.54, 1.807) is 11.3 Å². The molecule has 1 heterocycles. The van der Waals surface area contributed by atoms with Gasteiger partial charge in [-0.1, -0.05) is 31.1 Å². The molecule has 0 aromatic carbocycles. The van der Waals surface area contributed by atoms with Gasteiger partial charge in [0.2, 0.25) is 0 Å². The number of thiophene rings is 1. The lowest BCUT2D eigenvalue weighted by Gasteiger charge is -2.22. The molecular formula is C16H22N2O2S. The summed E-state index contributed by atoms with van der Waals surface area (Å²) in [5.41, 5.74) is 0.936. The van der Waals surface area contributed by atoms with Crippen LogP contribution in [0.25, 0.3) is 0 Å². The van der Waals surface area contributed by atoms with E-state index in [2.05, 4.69) is 22.5 Å². The van der Waals surface area contributed by atoms with E-state index < -0.39 is 0 Å². The molecule has 1 aromatic rings. The third-order valence-electron chi connectivity index (χ3n) is 3.56. The van der Waals surface area contributed by atoms with Gasteiger partial charge in [-0.2, -0.15) is 0 Å². The van der Waals surface area contributed by atoms with Gasteiger partial charge >= 0.3 is 6.03 Å². The first kappa shape index (κ1) is 15.9. The molecule has 3 N–H and O–H groups in total. The lowest BCUT2D eigenvalue weighted by molar-refractivity contribution is 0.232. The van der Waals surface area contributed by atoms with Gasteiger partial charge in [0.25, 0.3) is 0 Å². The summed E-state index contributed by atoms with van der Waals surface area (Å²) < 4.78 is 0. The van der Waals surface area contributed by atoms with Crippen molar-refractivity contribution in [3.63, 3.8) is 0 Å². The Morgan fingerprint density at radius 1 is 1.38 bits per heavy atom. The van der Waals surface area contributed by atoms with Crippen molar-refractivity contribution in [1.29, 1.82) is 0 Å². The summed E-state index contributed by atoms with van der Waals surface area (Å²) in [4.78, 5) is 12.9. The minimum absolute atomic E-state index is 0.0779. The number of amides is 2. The minimum atomic E-state index is -0.0930. The zero-order valence-corrected chi connectivity index (χ0v) is 13.0. The van der Waals surface area contributed by atoms with E-state index in [0.717, 1.165) is 23.3 Å². The van der Waals surface area contributed by atoms with Gasteiger partial charge in [0.1, 0.15) is 0 Å². The van der Waals surface area contributed by atoms with E-state index in [-0.39, 0.29) is 12.6 Å². The van der Waals surface area contributed by atoms with Gasteiger partial charge in [-0.15, -0.1) is 11.3 Å². The van der Waals surface area contributed by atoms with E-state index >= 15 is 0 Å². The topological polar surface area (TPSA) is 61.4 Å². The second-order valence-electron chi connectivity index (χ2n) is 5.19. The van der Waals surface area contributed by atoms with Gasteiger partial charge < -0.3 is 15.7 Å². The van der Waals surface area contributed by atoms with Gasteiger partial charge in [0, 0.05) is 22.9 Å². The van der Waals surface area contributed by atoms with Crippen LogP contribution in [-0.2, 0) is 6.54 Å². The zero-order valence-electron chi connectivity index (χ0n) is 12.2. The second kappa shape index (κ2) is 8.71. The minimum Gasteiger partial charge on any atom is -0.395 e. The molecule has 114 valence electrons. The van der Waals surface area contributed by atoms with E-state index in [1.165, 1.54) is 19.3 Å². The lowest BCUT2D eigenvalue weighted by atomic mass is 9.96. The monoisotopic (exact) mass is 306 g/mol. The highest BCUT2D eigenvalue weighted by atomic mass is 32.1. The standard InChI is InChI=1S/C16H22N2O2S/c19-10-5-4-6-13-9-11-21-15(13)12-17-16(20)18-14-7-2-1-3-8-14/h9,11,14,19H,1-3,5,7-8,10,12H2,(H2,17,18,20). The highest BCUT2D eigenvalue weighted by Crippen LogP contribution is 2.18. The molecule has 2 amide bonds. The molecular weight excluding hydrogens is 284 g/mol. The van der Waals surface area contributed by atoms with Crippen LogP contribution in [0.5, 0.6) is 0 Å². The molecule has 0 atom stereocenters. The number of aliphatic hydroxyl groups is 1. The van der Waals surface area contributed by atoms with Crippen molar-refractivity contribution in [2.75, 3.05) is 6.61 Å². The first-order chi connectivity index (χ1) is 10.3. The third kappa shape index (κ3) is 5.41. The molecule has 0 saturated heterocycles. The summed E-state index contributed by atoms with van der Waals surface area (Å²) in [6, 6.07) is 2.18. The van der Waals surface area contributed by atoms with Crippen LogP contribution in [0.4, 0.5) is 4.79 Å². The van der Waals surface area contributed by atoms with E-state index in [0.29, 0.717) is 19.0 Å². The number of aliphatic hydroxyl groups excluding tert-OH is 1. The van der Waals surface area contributed by atoms with Crippen molar-refractivity contribution in [3.05, 3.63) is 21.9 Å². The highest BCUT2D eigenvalue weighted by molar-refractivity contribution is 7.10. The van der Waals surface area contributed by atoms with Crippen LogP contribution in [0.15, 0.2) is 11.4 Å². The number of rotatable bonds is 4. The van der Waals surface area contributed by atoms with Crippen LogP contribution in [0.3, 0.4) is 0 Å². The maximum atomic E-state index is 11.9. The molecule has 4 nitrogen and oxygen atoms in total. The number of hydrogen-bond donors (Lipinski definition) is 3. The van der Waals surface area contributed by atoms with Crippen molar-refractivity contribution >= 4 is 17.4 Å². The molecule has 2 rings (SSSR count). The van der Waals surface area contributed by atoms with Gasteiger partial charge in [-0.3, -0.25) is 0 Å². The third-order valence-corrected chi connectivity index (χ3v) is 4.48. The number of nitrogens with one attached hydrogen (secondary N) is 2. The molecule has 1 aliphatic rings. The summed E-state index contributed by atoms with van der Waals surface area (Å²) in [7, 11) is 0. The van der Waals surface area contributed by atoms with E-state index in [1.807, 2.05) is 11.4 Å². The first-order valence-corrected chi connectivity index (χ1v) is 8.38. The van der Waals surface area contributed by atoms with Crippen molar-refractivity contribution in [3.8, 4) is 11.8 Å². The second-order valence-corrected chi connectivity index (χ2v) is 6.20. The van der Waals surface area contributed by atoms with Crippen molar-refractivity contribution in [2.45, 2.75) is 51.1 Å². The predicted molar refractivity (Wildman–Crippen MR) is 85.1 cm³/mol. The Hall–Kier alpha value is -1.51. The molecule has 1 aliphatic carbocycles. The Kier molecular flexibility index (Phi) is 6.58. The van der Waals surface area contributed by atoms with Gasteiger partial charge in [-0.25, -0.2) is 4.79 Å². The Labute approximate surface area is 129 Å². The summed E-state index contributed by atoms with van der Waals surface area (Å²) in [5.74, 6) is 5.94. The Balaban J connectivity index is 1.78. The molecule has 0 aliphatic heterocycles. The van der Waals surface area contributed by atoms with Crippen molar-refractivity contribution < 1.29 is 9.90 Å². The van der Waals surface area contributed by atoms with Crippen molar-refractivity contribution in [1.82, 2.24) is 10.6 Å². The van der Waals surface area contributed by atoms with Crippen LogP contribution in [-0.4, -0.2) is 23.8 Å². The number of hydrogen-bond acceptors (Lipinski definition) is 3. The first-order valence-electron chi connectivity index (χ1n) is 7.50. The number of carbonyl (C=O) groups is 1. The van der Waals surface area contributed by atoms with Gasteiger partial charge in [0.15, 0.2) is 0 Å². The average molecular weight is 306 g/mol. The summed E-state index contributed by atoms with van der Waals surface area (Å²) in [6.45, 7) is 0.577. The molecule has 0 spiro atoms. The Bertz CT molecular complexity index is 510. The summed E-state index contributed by atoms with van der Waals surface area (Å²) in [5, 5.41) is 16.6. The smallest absolute Gasteiger partial charge is 0.315 e.